The predicted molar refractivity (Wildman–Crippen MR) is 67.9 cm³/mol. The number of aliphatic hydroxyl groups excluding tert-OH is 1. The van der Waals surface area contributed by atoms with Gasteiger partial charge in [-0.25, -0.2) is 9.67 Å². The second kappa shape index (κ2) is 5.16. The van der Waals surface area contributed by atoms with Gasteiger partial charge in [0.05, 0.1) is 6.61 Å². The van der Waals surface area contributed by atoms with Gasteiger partial charge >= 0.3 is 0 Å². The summed E-state index contributed by atoms with van der Waals surface area (Å²) < 4.78 is 1.15. The molecular formula is C11H11ClN4O2. The average Bonchev–Trinajstić information content (AvgIpc) is 2.36. The van der Waals surface area contributed by atoms with E-state index in [0.717, 1.165) is 4.68 Å². The molecule has 0 aliphatic heterocycles. The van der Waals surface area contributed by atoms with E-state index in [1.807, 2.05) is 0 Å². The normalized spacial score (nSPS) is 10.4. The Bertz CT molecular complexity index is 609. The zero-order valence-corrected chi connectivity index (χ0v) is 10.3. The van der Waals surface area contributed by atoms with Crippen molar-refractivity contribution < 1.29 is 5.11 Å². The topological polar surface area (TPSA) is 80.0 Å². The molecule has 0 saturated carbocycles. The number of hydrogen-bond donors (Lipinski definition) is 2. The highest BCUT2D eigenvalue weighted by Gasteiger charge is 2.05. The van der Waals surface area contributed by atoms with Gasteiger partial charge < -0.3 is 10.4 Å². The fraction of sp³-hybridized carbons (Fsp3) is 0.182. The van der Waals surface area contributed by atoms with Gasteiger partial charge in [-0.2, -0.15) is 5.10 Å². The number of rotatable bonds is 3. The van der Waals surface area contributed by atoms with Gasteiger partial charge in [0.25, 0.3) is 5.56 Å². The van der Waals surface area contributed by atoms with Crippen LogP contribution in [-0.4, -0.2) is 19.9 Å². The molecule has 2 rings (SSSR count). The molecule has 2 N–H and O–H groups in total. The smallest absolute Gasteiger partial charge is 0.290 e. The first-order valence-corrected chi connectivity index (χ1v) is 5.54. The largest absolute Gasteiger partial charge is 0.392 e. The minimum atomic E-state index is -0.299. The van der Waals surface area contributed by atoms with E-state index in [-0.39, 0.29) is 17.3 Å². The number of aryl methyl sites for hydroxylation is 1. The molecule has 0 unspecified atom stereocenters. The molecule has 0 aromatic carbocycles. The van der Waals surface area contributed by atoms with Crippen molar-refractivity contribution in [3.63, 3.8) is 0 Å². The third-order valence-corrected chi connectivity index (χ3v) is 2.49. The van der Waals surface area contributed by atoms with Crippen molar-refractivity contribution in [3.8, 4) is 0 Å². The van der Waals surface area contributed by atoms with Gasteiger partial charge in [-0.3, -0.25) is 4.79 Å². The van der Waals surface area contributed by atoms with Crippen LogP contribution >= 0.6 is 11.6 Å². The molecule has 0 spiro atoms. The molecule has 18 heavy (non-hydrogen) atoms. The number of pyridine rings is 1. The minimum Gasteiger partial charge on any atom is -0.392 e. The molecule has 94 valence electrons. The minimum absolute atomic E-state index is 0.0733. The van der Waals surface area contributed by atoms with Crippen molar-refractivity contribution in [1.29, 1.82) is 0 Å². The van der Waals surface area contributed by atoms with Gasteiger partial charge in [0.15, 0.2) is 5.15 Å². The molecule has 0 fully saturated rings. The van der Waals surface area contributed by atoms with E-state index in [9.17, 15) is 4.79 Å². The summed E-state index contributed by atoms with van der Waals surface area (Å²) in [6.07, 6.45) is 1.52. The Morgan fingerprint density at radius 3 is 2.89 bits per heavy atom. The maximum Gasteiger partial charge on any atom is 0.290 e. The second-order valence-electron chi connectivity index (χ2n) is 3.64. The SMILES string of the molecule is Cn1nc(Cl)cc(Nc2ccc(CO)cn2)c1=O. The number of anilines is 2. The molecule has 0 aliphatic rings. The number of hydrogen-bond acceptors (Lipinski definition) is 5. The third-order valence-electron chi connectivity index (χ3n) is 2.30. The summed E-state index contributed by atoms with van der Waals surface area (Å²) >= 11 is 5.77. The highest BCUT2D eigenvalue weighted by atomic mass is 35.5. The number of nitrogens with zero attached hydrogens (tertiary/aromatic N) is 3. The lowest BCUT2D eigenvalue weighted by Crippen LogP contribution is -2.22. The van der Waals surface area contributed by atoms with Crippen LogP contribution in [0.4, 0.5) is 11.5 Å². The Kier molecular flexibility index (Phi) is 3.59. The summed E-state index contributed by atoms with van der Waals surface area (Å²) in [6, 6.07) is 4.81. The lowest BCUT2D eigenvalue weighted by atomic mass is 10.3. The molecule has 2 heterocycles. The Balaban J connectivity index is 2.31. The van der Waals surface area contributed by atoms with Crippen LogP contribution in [0.15, 0.2) is 29.2 Å². The molecule has 0 amide bonds. The maximum atomic E-state index is 11.8. The molecule has 6 nitrogen and oxygen atoms in total. The molecule has 7 heteroatoms. The van der Waals surface area contributed by atoms with E-state index in [1.165, 1.54) is 19.3 Å². The van der Waals surface area contributed by atoms with Crippen molar-refractivity contribution >= 4 is 23.1 Å². The Hall–Kier alpha value is -1.92. The second-order valence-corrected chi connectivity index (χ2v) is 4.03. The summed E-state index contributed by atoms with van der Waals surface area (Å²) in [7, 11) is 1.52. The summed E-state index contributed by atoms with van der Waals surface area (Å²) in [5.41, 5.74) is 0.690. The van der Waals surface area contributed by atoms with Crippen LogP contribution in [0.2, 0.25) is 5.15 Å². The molecule has 0 bridgehead atoms. The van der Waals surface area contributed by atoms with E-state index < -0.39 is 0 Å². The molecule has 2 aromatic rings. The summed E-state index contributed by atoms with van der Waals surface area (Å²) in [4.78, 5) is 15.8. The lowest BCUT2D eigenvalue weighted by Gasteiger charge is -2.07. The molecular weight excluding hydrogens is 256 g/mol. The van der Waals surface area contributed by atoms with Crippen molar-refractivity contribution in [3.05, 3.63) is 45.5 Å². The first-order valence-electron chi connectivity index (χ1n) is 5.17. The van der Waals surface area contributed by atoms with Gasteiger partial charge in [0.1, 0.15) is 11.5 Å². The summed E-state index contributed by atoms with van der Waals surface area (Å²) in [5.74, 6) is 0.492. The fourth-order valence-corrected chi connectivity index (χ4v) is 1.61. The molecule has 0 aliphatic carbocycles. The number of aliphatic hydroxyl groups is 1. The molecule has 2 aromatic heterocycles. The van der Waals surface area contributed by atoms with Crippen LogP contribution in [-0.2, 0) is 13.7 Å². The van der Waals surface area contributed by atoms with E-state index >= 15 is 0 Å². The third kappa shape index (κ3) is 2.66. The molecule has 0 saturated heterocycles. The maximum absolute atomic E-state index is 11.8. The van der Waals surface area contributed by atoms with Crippen molar-refractivity contribution in [2.75, 3.05) is 5.32 Å². The van der Waals surface area contributed by atoms with Crippen LogP contribution < -0.4 is 10.9 Å². The van der Waals surface area contributed by atoms with Crippen LogP contribution in [0, 0.1) is 0 Å². The predicted octanol–water partition coefficient (Wildman–Crippen LogP) is 1.06. The van der Waals surface area contributed by atoms with Gasteiger partial charge in [0.2, 0.25) is 0 Å². The first kappa shape index (κ1) is 12.5. The van der Waals surface area contributed by atoms with Crippen LogP contribution in [0.3, 0.4) is 0 Å². The van der Waals surface area contributed by atoms with E-state index in [2.05, 4.69) is 15.4 Å². The van der Waals surface area contributed by atoms with Gasteiger partial charge in [0, 0.05) is 19.3 Å². The van der Waals surface area contributed by atoms with E-state index in [4.69, 9.17) is 16.7 Å². The van der Waals surface area contributed by atoms with E-state index in [0.29, 0.717) is 17.1 Å². The average molecular weight is 267 g/mol. The zero-order valence-electron chi connectivity index (χ0n) is 9.59. The van der Waals surface area contributed by atoms with Crippen LogP contribution in [0.5, 0.6) is 0 Å². The molecule has 0 radical (unpaired) electrons. The Morgan fingerprint density at radius 1 is 1.50 bits per heavy atom. The number of nitrogens with one attached hydrogen (secondary N) is 1. The Morgan fingerprint density at radius 2 is 2.28 bits per heavy atom. The van der Waals surface area contributed by atoms with Gasteiger partial charge in [-0.1, -0.05) is 17.7 Å². The lowest BCUT2D eigenvalue weighted by molar-refractivity contribution is 0.281. The summed E-state index contributed by atoms with van der Waals surface area (Å²) in [6.45, 7) is -0.0733. The molecule has 0 atom stereocenters. The monoisotopic (exact) mass is 266 g/mol. The van der Waals surface area contributed by atoms with Crippen molar-refractivity contribution in [2.45, 2.75) is 6.61 Å². The van der Waals surface area contributed by atoms with Gasteiger partial charge in [-0.15, -0.1) is 0 Å². The van der Waals surface area contributed by atoms with Gasteiger partial charge in [-0.05, 0) is 11.6 Å². The zero-order chi connectivity index (χ0) is 13.1. The first-order chi connectivity index (χ1) is 8.60. The Labute approximate surface area is 108 Å². The highest BCUT2D eigenvalue weighted by molar-refractivity contribution is 6.29. The number of halogens is 1. The van der Waals surface area contributed by atoms with Crippen LogP contribution in [0.1, 0.15) is 5.56 Å². The quantitative estimate of drug-likeness (QED) is 0.868. The van der Waals surface area contributed by atoms with Crippen molar-refractivity contribution in [1.82, 2.24) is 14.8 Å². The van der Waals surface area contributed by atoms with Crippen LogP contribution in [0.25, 0.3) is 0 Å². The van der Waals surface area contributed by atoms with E-state index in [1.54, 1.807) is 12.1 Å². The standard InChI is InChI=1S/C11H11ClN4O2/c1-16-11(18)8(4-9(12)15-16)14-10-3-2-7(6-17)5-13-10/h2-5,17H,6H2,1H3,(H,13,14). The summed E-state index contributed by atoms with van der Waals surface area (Å²) in [5, 5.41) is 15.7. The fourth-order valence-electron chi connectivity index (χ4n) is 1.39. The highest BCUT2D eigenvalue weighted by Crippen LogP contribution is 2.13. The van der Waals surface area contributed by atoms with Crippen molar-refractivity contribution in [2.24, 2.45) is 7.05 Å². The number of aromatic nitrogens is 3.